The number of piperazine rings is 1. The molecule has 29 heavy (non-hydrogen) atoms. The van der Waals surface area contributed by atoms with Crippen LogP contribution in [0.1, 0.15) is 29.9 Å². The van der Waals surface area contributed by atoms with Gasteiger partial charge in [0.25, 0.3) is 5.91 Å². The number of aromatic nitrogens is 2. The van der Waals surface area contributed by atoms with Gasteiger partial charge in [0.05, 0.1) is 16.9 Å². The van der Waals surface area contributed by atoms with Crippen LogP contribution in [0.2, 0.25) is 5.15 Å². The minimum absolute atomic E-state index is 0.111. The van der Waals surface area contributed by atoms with Gasteiger partial charge in [-0.05, 0) is 32.9 Å². The molecular formula is C20H24ClN5O3. The number of rotatable bonds is 3. The fourth-order valence-corrected chi connectivity index (χ4v) is 3.57. The van der Waals surface area contributed by atoms with Crippen LogP contribution in [0.4, 0.5) is 0 Å². The molecule has 1 aromatic carbocycles. The van der Waals surface area contributed by atoms with E-state index in [1.807, 2.05) is 30.3 Å². The average molecular weight is 418 g/mol. The van der Waals surface area contributed by atoms with Crippen LogP contribution in [0, 0.1) is 6.92 Å². The van der Waals surface area contributed by atoms with Crippen LogP contribution in [0.25, 0.3) is 5.69 Å². The Morgan fingerprint density at radius 1 is 1.03 bits per heavy atom. The van der Waals surface area contributed by atoms with Gasteiger partial charge in [0.15, 0.2) is 0 Å². The van der Waals surface area contributed by atoms with Crippen molar-refractivity contribution in [1.82, 2.24) is 24.9 Å². The first-order valence-corrected chi connectivity index (χ1v) is 9.87. The minimum Gasteiger partial charge on any atom is -0.346 e. The SMILES string of the molecule is Cc1nn(-c2ccccc2)c(Cl)c1C(=O)N1CCN(C(=O)C(=O)NC(C)C)CC1. The highest BCUT2D eigenvalue weighted by atomic mass is 35.5. The predicted molar refractivity (Wildman–Crippen MR) is 109 cm³/mol. The van der Waals surface area contributed by atoms with Crippen molar-refractivity contribution in [3.05, 3.63) is 46.7 Å². The zero-order valence-corrected chi connectivity index (χ0v) is 17.4. The topological polar surface area (TPSA) is 87.5 Å². The molecule has 3 amide bonds. The Hall–Kier alpha value is -2.87. The summed E-state index contributed by atoms with van der Waals surface area (Å²) in [5.74, 6) is -1.42. The van der Waals surface area contributed by atoms with Gasteiger partial charge in [0, 0.05) is 32.2 Å². The minimum atomic E-state index is -0.622. The molecule has 1 aliphatic rings. The van der Waals surface area contributed by atoms with Crippen LogP contribution >= 0.6 is 11.6 Å². The molecule has 0 spiro atoms. The first-order chi connectivity index (χ1) is 13.8. The zero-order valence-electron chi connectivity index (χ0n) is 16.7. The lowest BCUT2D eigenvalue weighted by molar-refractivity contribution is -0.147. The molecule has 0 atom stereocenters. The molecular weight excluding hydrogens is 394 g/mol. The fourth-order valence-electron chi connectivity index (χ4n) is 3.22. The number of halogens is 1. The Morgan fingerprint density at radius 2 is 1.62 bits per heavy atom. The van der Waals surface area contributed by atoms with Crippen molar-refractivity contribution in [1.29, 1.82) is 0 Å². The second kappa shape index (κ2) is 8.65. The molecule has 8 nitrogen and oxygen atoms in total. The van der Waals surface area contributed by atoms with E-state index in [4.69, 9.17) is 11.6 Å². The molecule has 2 aromatic rings. The summed E-state index contributed by atoms with van der Waals surface area (Å²) < 4.78 is 1.54. The van der Waals surface area contributed by atoms with Crippen LogP contribution in [0.15, 0.2) is 30.3 Å². The molecule has 0 bridgehead atoms. The highest BCUT2D eigenvalue weighted by molar-refractivity contribution is 6.35. The average Bonchev–Trinajstić information content (AvgIpc) is 3.01. The largest absolute Gasteiger partial charge is 0.346 e. The molecule has 1 aromatic heterocycles. The lowest BCUT2D eigenvalue weighted by Gasteiger charge is -2.34. The Bertz CT molecular complexity index is 918. The first kappa shape index (κ1) is 20.9. The molecule has 9 heteroatoms. The summed E-state index contributed by atoms with van der Waals surface area (Å²) in [6.45, 7) is 6.57. The Balaban J connectivity index is 1.70. The molecule has 0 aliphatic carbocycles. The van der Waals surface area contributed by atoms with Crippen LogP contribution in [-0.4, -0.2) is 69.5 Å². The number of hydrogen-bond acceptors (Lipinski definition) is 4. The number of carbonyl (C=O) groups is 3. The molecule has 1 saturated heterocycles. The number of para-hydroxylation sites is 1. The van der Waals surface area contributed by atoms with Crippen molar-refractivity contribution < 1.29 is 14.4 Å². The van der Waals surface area contributed by atoms with E-state index in [1.54, 1.807) is 30.4 Å². The summed E-state index contributed by atoms with van der Waals surface area (Å²) >= 11 is 6.48. The van der Waals surface area contributed by atoms with Crippen molar-refractivity contribution in [2.24, 2.45) is 0 Å². The van der Waals surface area contributed by atoms with Crippen LogP contribution in [0.3, 0.4) is 0 Å². The quantitative estimate of drug-likeness (QED) is 0.769. The monoisotopic (exact) mass is 417 g/mol. The maximum absolute atomic E-state index is 13.0. The normalized spacial score (nSPS) is 14.2. The van der Waals surface area contributed by atoms with Crippen LogP contribution < -0.4 is 5.32 Å². The van der Waals surface area contributed by atoms with Gasteiger partial charge in [-0.2, -0.15) is 5.10 Å². The molecule has 0 saturated carbocycles. The number of amides is 3. The summed E-state index contributed by atoms with van der Waals surface area (Å²) in [6.07, 6.45) is 0. The third-order valence-corrected chi connectivity index (χ3v) is 5.04. The number of nitrogens with zero attached hydrogens (tertiary/aromatic N) is 4. The van der Waals surface area contributed by atoms with Crippen molar-refractivity contribution in [2.75, 3.05) is 26.2 Å². The summed E-state index contributed by atoms with van der Waals surface area (Å²) in [4.78, 5) is 40.3. The number of hydrogen-bond donors (Lipinski definition) is 1. The van der Waals surface area contributed by atoms with E-state index >= 15 is 0 Å². The van der Waals surface area contributed by atoms with Gasteiger partial charge >= 0.3 is 11.8 Å². The van der Waals surface area contributed by atoms with E-state index in [9.17, 15) is 14.4 Å². The van der Waals surface area contributed by atoms with E-state index in [0.717, 1.165) is 5.69 Å². The van der Waals surface area contributed by atoms with Crippen LogP contribution in [0.5, 0.6) is 0 Å². The van der Waals surface area contributed by atoms with E-state index in [0.29, 0.717) is 37.4 Å². The molecule has 1 N–H and O–H groups in total. The van der Waals surface area contributed by atoms with Gasteiger partial charge in [0.1, 0.15) is 5.15 Å². The maximum Gasteiger partial charge on any atom is 0.312 e. The van der Waals surface area contributed by atoms with Crippen molar-refractivity contribution in [3.63, 3.8) is 0 Å². The number of benzene rings is 1. The highest BCUT2D eigenvalue weighted by Crippen LogP contribution is 2.25. The summed E-state index contributed by atoms with van der Waals surface area (Å²) in [5.41, 5.74) is 1.66. The van der Waals surface area contributed by atoms with Gasteiger partial charge in [-0.3, -0.25) is 14.4 Å². The Morgan fingerprint density at radius 3 is 2.21 bits per heavy atom. The molecule has 2 heterocycles. The second-order valence-electron chi connectivity index (χ2n) is 7.21. The van der Waals surface area contributed by atoms with Crippen molar-refractivity contribution in [2.45, 2.75) is 26.8 Å². The maximum atomic E-state index is 13.0. The summed E-state index contributed by atoms with van der Waals surface area (Å²) in [7, 11) is 0. The zero-order chi connectivity index (χ0) is 21.1. The second-order valence-corrected chi connectivity index (χ2v) is 7.57. The van der Waals surface area contributed by atoms with Gasteiger partial charge in [0.2, 0.25) is 0 Å². The van der Waals surface area contributed by atoms with E-state index < -0.39 is 11.8 Å². The molecule has 0 unspecified atom stereocenters. The Kier molecular flexibility index (Phi) is 6.22. The van der Waals surface area contributed by atoms with Gasteiger partial charge in [-0.1, -0.05) is 29.8 Å². The molecule has 3 rings (SSSR count). The lowest BCUT2D eigenvalue weighted by Crippen LogP contribution is -2.54. The fraction of sp³-hybridized carbons (Fsp3) is 0.400. The standard InChI is InChI=1S/C20H24ClN5O3/c1-13(2)22-18(27)20(29)25-11-9-24(10-12-25)19(28)16-14(3)23-26(17(16)21)15-7-5-4-6-8-15/h4-8,13H,9-12H2,1-3H3,(H,22,27). The number of aryl methyl sites for hydroxylation is 1. The highest BCUT2D eigenvalue weighted by Gasteiger charge is 2.31. The number of nitrogens with one attached hydrogen (secondary N) is 1. The smallest absolute Gasteiger partial charge is 0.312 e. The lowest BCUT2D eigenvalue weighted by atomic mass is 10.2. The first-order valence-electron chi connectivity index (χ1n) is 9.49. The summed E-state index contributed by atoms with van der Waals surface area (Å²) in [6, 6.07) is 9.24. The van der Waals surface area contributed by atoms with Gasteiger partial charge in [-0.15, -0.1) is 0 Å². The molecule has 154 valence electrons. The Labute approximate surface area is 174 Å². The summed E-state index contributed by atoms with van der Waals surface area (Å²) in [5, 5.41) is 7.26. The van der Waals surface area contributed by atoms with Crippen LogP contribution in [-0.2, 0) is 9.59 Å². The number of carbonyl (C=O) groups excluding carboxylic acids is 3. The van der Waals surface area contributed by atoms with Crippen molar-refractivity contribution in [3.8, 4) is 5.69 Å². The molecule has 1 fully saturated rings. The molecule has 1 aliphatic heterocycles. The van der Waals surface area contributed by atoms with E-state index in [2.05, 4.69) is 10.4 Å². The third-order valence-electron chi connectivity index (χ3n) is 4.69. The van der Waals surface area contributed by atoms with E-state index in [-0.39, 0.29) is 17.1 Å². The predicted octanol–water partition coefficient (Wildman–Crippen LogP) is 1.64. The van der Waals surface area contributed by atoms with Crippen molar-refractivity contribution >= 4 is 29.3 Å². The van der Waals surface area contributed by atoms with Gasteiger partial charge in [-0.25, -0.2) is 4.68 Å². The van der Waals surface area contributed by atoms with E-state index in [1.165, 1.54) is 4.90 Å². The molecule has 0 radical (unpaired) electrons. The third kappa shape index (κ3) is 4.42. The van der Waals surface area contributed by atoms with Gasteiger partial charge < -0.3 is 15.1 Å².